The number of hydrogen-bond acceptors (Lipinski definition) is 4. The van der Waals surface area contributed by atoms with Crippen molar-refractivity contribution in [2.45, 2.75) is 32.7 Å². The number of nitrogens with one attached hydrogen (secondary N) is 1. The quantitative estimate of drug-likeness (QED) is 0.728. The van der Waals surface area contributed by atoms with E-state index >= 15 is 0 Å². The van der Waals surface area contributed by atoms with Crippen molar-refractivity contribution in [3.63, 3.8) is 0 Å². The number of anilines is 1. The van der Waals surface area contributed by atoms with E-state index in [0.717, 1.165) is 30.8 Å². The maximum Gasteiger partial charge on any atom is 0.242 e. The van der Waals surface area contributed by atoms with Gasteiger partial charge in [0, 0.05) is 24.8 Å². The number of carbonyl (C=O) groups is 1. The van der Waals surface area contributed by atoms with E-state index < -0.39 is 0 Å². The normalized spacial score (nSPS) is 11.8. The van der Waals surface area contributed by atoms with Crippen LogP contribution >= 0.6 is 0 Å². The second-order valence-corrected chi connectivity index (χ2v) is 5.00. The summed E-state index contributed by atoms with van der Waals surface area (Å²) in [7, 11) is 1.64. The fraction of sp³-hybridized carbons (Fsp3) is 0.562. The third-order valence-electron chi connectivity index (χ3n) is 3.38. The molecule has 1 aromatic rings. The van der Waals surface area contributed by atoms with Crippen LogP contribution in [-0.2, 0) is 4.79 Å². The Morgan fingerprint density at radius 1 is 1.48 bits per heavy atom. The molecule has 3 N–H and O–H groups in total. The molecule has 0 bridgehead atoms. The summed E-state index contributed by atoms with van der Waals surface area (Å²) in [5.41, 5.74) is 6.59. The van der Waals surface area contributed by atoms with Gasteiger partial charge in [0.25, 0.3) is 0 Å². The number of benzene rings is 1. The number of ether oxygens (including phenoxy) is 1. The van der Waals surface area contributed by atoms with Gasteiger partial charge in [-0.1, -0.05) is 13.0 Å². The van der Waals surface area contributed by atoms with Crippen LogP contribution in [0, 0.1) is 0 Å². The van der Waals surface area contributed by atoms with Crippen LogP contribution in [0.2, 0.25) is 0 Å². The molecule has 0 saturated carbocycles. The molecule has 5 nitrogen and oxygen atoms in total. The predicted molar refractivity (Wildman–Crippen MR) is 86.8 cm³/mol. The molecule has 1 atom stereocenters. The van der Waals surface area contributed by atoms with E-state index in [1.807, 2.05) is 38.1 Å². The average Bonchev–Trinajstić information content (AvgIpc) is 2.52. The average molecular weight is 293 g/mol. The SMILES string of the molecule is CCCNC(=O)C(C)N(CCCN)c1cccc(OC)c1. The Balaban J connectivity index is 2.89. The summed E-state index contributed by atoms with van der Waals surface area (Å²) in [4.78, 5) is 14.3. The Morgan fingerprint density at radius 3 is 2.86 bits per heavy atom. The Morgan fingerprint density at radius 2 is 2.24 bits per heavy atom. The second kappa shape index (κ2) is 9.23. The van der Waals surface area contributed by atoms with Crippen molar-refractivity contribution in [2.75, 3.05) is 31.6 Å². The highest BCUT2D eigenvalue weighted by Gasteiger charge is 2.21. The van der Waals surface area contributed by atoms with Gasteiger partial charge in [-0.15, -0.1) is 0 Å². The summed E-state index contributed by atoms with van der Waals surface area (Å²) in [6, 6.07) is 7.52. The van der Waals surface area contributed by atoms with Gasteiger partial charge in [-0.3, -0.25) is 4.79 Å². The van der Waals surface area contributed by atoms with Crippen LogP contribution in [0.4, 0.5) is 5.69 Å². The fourth-order valence-corrected chi connectivity index (χ4v) is 2.13. The van der Waals surface area contributed by atoms with Gasteiger partial charge in [-0.2, -0.15) is 0 Å². The molecule has 0 heterocycles. The summed E-state index contributed by atoms with van der Waals surface area (Å²) in [6.45, 7) is 6.00. The molecular formula is C16H27N3O2. The maximum atomic E-state index is 12.2. The summed E-state index contributed by atoms with van der Waals surface area (Å²) >= 11 is 0. The van der Waals surface area contributed by atoms with Crippen molar-refractivity contribution in [1.82, 2.24) is 5.32 Å². The minimum Gasteiger partial charge on any atom is -0.497 e. The zero-order chi connectivity index (χ0) is 15.7. The number of amides is 1. The molecule has 0 aliphatic carbocycles. The third-order valence-corrected chi connectivity index (χ3v) is 3.38. The van der Waals surface area contributed by atoms with E-state index in [4.69, 9.17) is 10.5 Å². The first-order valence-electron chi connectivity index (χ1n) is 7.52. The molecule has 1 unspecified atom stereocenters. The Labute approximate surface area is 127 Å². The lowest BCUT2D eigenvalue weighted by Crippen LogP contribution is -2.46. The highest BCUT2D eigenvalue weighted by atomic mass is 16.5. The third kappa shape index (κ3) is 5.27. The molecule has 1 amide bonds. The van der Waals surface area contributed by atoms with Gasteiger partial charge in [-0.05, 0) is 38.4 Å². The van der Waals surface area contributed by atoms with E-state index in [-0.39, 0.29) is 11.9 Å². The largest absolute Gasteiger partial charge is 0.497 e. The summed E-state index contributed by atoms with van der Waals surface area (Å²) in [5, 5.41) is 2.94. The minimum absolute atomic E-state index is 0.0386. The van der Waals surface area contributed by atoms with Gasteiger partial charge in [0.1, 0.15) is 11.8 Å². The van der Waals surface area contributed by atoms with E-state index in [1.165, 1.54) is 0 Å². The molecule has 0 radical (unpaired) electrons. The Kier molecular flexibility index (Phi) is 7.61. The highest BCUT2D eigenvalue weighted by molar-refractivity contribution is 5.84. The fourth-order valence-electron chi connectivity index (χ4n) is 2.13. The molecule has 0 aromatic heterocycles. The van der Waals surface area contributed by atoms with E-state index in [0.29, 0.717) is 13.1 Å². The predicted octanol–water partition coefficient (Wildman–Crippen LogP) is 1.77. The van der Waals surface area contributed by atoms with Crippen molar-refractivity contribution in [3.05, 3.63) is 24.3 Å². The summed E-state index contributed by atoms with van der Waals surface area (Å²) in [5.74, 6) is 0.822. The lowest BCUT2D eigenvalue weighted by Gasteiger charge is -2.30. The number of rotatable bonds is 9. The van der Waals surface area contributed by atoms with E-state index in [9.17, 15) is 4.79 Å². The molecule has 0 fully saturated rings. The first-order chi connectivity index (χ1) is 10.1. The molecule has 1 rings (SSSR count). The number of nitrogens with two attached hydrogens (primary N) is 1. The van der Waals surface area contributed by atoms with Gasteiger partial charge in [-0.25, -0.2) is 0 Å². The molecule has 5 heteroatoms. The zero-order valence-corrected chi connectivity index (χ0v) is 13.3. The topological polar surface area (TPSA) is 67.6 Å². The van der Waals surface area contributed by atoms with Crippen LogP contribution in [0.15, 0.2) is 24.3 Å². The number of methoxy groups -OCH3 is 1. The van der Waals surface area contributed by atoms with E-state index in [2.05, 4.69) is 10.2 Å². The van der Waals surface area contributed by atoms with Gasteiger partial charge in [0.05, 0.1) is 7.11 Å². The van der Waals surface area contributed by atoms with Crippen LogP contribution in [0.1, 0.15) is 26.7 Å². The molecule has 0 aliphatic heterocycles. The van der Waals surface area contributed by atoms with Crippen molar-refractivity contribution in [2.24, 2.45) is 5.73 Å². The summed E-state index contributed by atoms with van der Waals surface area (Å²) < 4.78 is 5.26. The second-order valence-electron chi connectivity index (χ2n) is 5.00. The Bertz CT molecular complexity index is 437. The van der Waals surface area contributed by atoms with Crippen molar-refractivity contribution in [1.29, 1.82) is 0 Å². The number of hydrogen-bond donors (Lipinski definition) is 2. The van der Waals surface area contributed by atoms with Gasteiger partial charge in [0.2, 0.25) is 5.91 Å². The van der Waals surface area contributed by atoms with Gasteiger partial charge in [0.15, 0.2) is 0 Å². The molecule has 0 spiro atoms. The van der Waals surface area contributed by atoms with Crippen LogP contribution in [0.3, 0.4) is 0 Å². The lowest BCUT2D eigenvalue weighted by molar-refractivity contribution is -0.122. The first kappa shape index (κ1) is 17.3. The van der Waals surface area contributed by atoms with Crippen LogP contribution in [0.25, 0.3) is 0 Å². The van der Waals surface area contributed by atoms with E-state index in [1.54, 1.807) is 7.11 Å². The lowest BCUT2D eigenvalue weighted by atomic mass is 10.2. The van der Waals surface area contributed by atoms with Crippen molar-refractivity contribution in [3.8, 4) is 5.75 Å². The molecule has 0 saturated heterocycles. The molecule has 0 aliphatic rings. The van der Waals surface area contributed by atoms with Gasteiger partial charge >= 0.3 is 0 Å². The van der Waals surface area contributed by atoms with Crippen molar-refractivity contribution < 1.29 is 9.53 Å². The van der Waals surface area contributed by atoms with Crippen LogP contribution < -0.4 is 20.7 Å². The minimum atomic E-state index is -0.241. The number of carbonyl (C=O) groups excluding carboxylic acids is 1. The smallest absolute Gasteiger partial charge is 0.242 e. The summed E-state index contributed by atoms with van der Waals surface area (Å²) in [6.07, 6.45) is 1.77. The standard InChI is InChI=1S/C16H27N3O2/c1-4-10-18-16(20)13(2)19(11-6-9-17)14-7-5-8-15(12-14)21-3/h5,7-8,12-13H,4,6,9-11,17H2,1-3H3,(H,18,20). The van der Waals surface area contributed by atoms with Crippen LogP contribution in [-0.4, -0.2) is 38.7 Å². The first-order valence-corrected chi connectivity index (χ1v) is 7.52. The molecule has 21 heavy (non-hydrogen) atoms. The maximum absolute atomic E-state index is 12.2. The molecular weight excluding hydrogens is 266 g/mol. The molecule has 118 valence electrons. The van der Waals surface area contributed by atoms with Crippen LogP contribution in [0.5, 0.6) is 5.75 Å². The number of nitrogens with zero attached hydrogens (tertiary/aromatic N) is 1. The molecule has 1 aromatic carbocycles. The van der Waals surface area contributed by atoms with Crippen molar-refractivity contribution >= 4 is 11.6 Å². The monoisotopic (exact) mass is 293 g/mol. The Hall–Kier alpha value is -1.75. The zero-order valence-electron chi connectivity index (χ0n) is 13.3. The van der Waals surface area contributed by atoms with Gasteiger partial charge < -0.3 is 20.7 Å². The highest BCUT2D eigenvalue weighted by Crippen LogP contribution is 2.23.